The van der Waals surface area contributed by atoms with Crippen molar-refractivity contribution in [3.63, 3.8) is 0 Å². The zero-order valence-corrected chi connectivity index (χ0v) is 12.4. The second kappa shape index (κ2) is 8.11. The van der Waals surface area contributed by atoms with E-state index in [1.807, 2.05) is 0 Å². The van der Waals surface area contributed by atoms with Gasteiger partial charge in [0.15, 0.2) is 0 Å². The molecule has 0 amide bonds. The quantitative estimate of drug-likeness (QED) is 0.573. The standard InChI is InChI=1S/C15H33N/c1-7-9-14(5)11-15(6,13(3)4)12-16-10-8-2/h13-14,16H,7-12H2,1-6H3. The molecule has 0 aromatic rings. The van der Waals surface area contributed by atoms with Gasteiger partial charge in [-0.25, -0.2) is 0 Å². The molecule has 0 aliphatic carbocycles. The topological polar surface area (TPSA) is 12.0 Å². The van der Waals surface area contributed by atoms with Crippen LogP contribution in [0.1, 0.15) is 67.2 Å². The van der Waals surface area contributed by atoms with Crippen molar-refractivity contribution in [3.05, 3.63) is 0 Å². The zero-order valence-electron chi connectivity index (χ0n) is 12.4. The monoisotopic (exact) mass is 227 g/mol. The molecule has 1 N–H and O–H groups in total. The van der Waals surface area contributed by atoms with E-state index in [2.05, 4.69) is 46.9 Å². The number of hydrogen-bond acceptors (Lipinski definition) is 1. The van der Waals surface area contributed by atoms with Crippen LogP contribution in [0, 0.1) is 17.3 Å². The number of hydrogen-bond donors (Lipinski definition) is 1. The Kier molecular flexibility index (Phi) is 8.09. The highest BCUT2D eigenvalue weighted by atomic mass is 14.9. The summed E-state index contributed by atoms with van der Waals surface area (Å²) in [5, 5.41) is 3.60. The first-order valence-electron chi connectivity index (χ1n) is 7.17. The Balaban J connectivity index is 4.21. The molecule has 1 heteroatoms. The SMILES string of the molecule is CCCNCC(C)(CC(C)CCC)C(C)C. The lowest BCUT2D eigenvalue weighted by Gasteiger charge is -2.36. The predicted molar refractivity (Wildman–Crippen MR) is 74.8 cm³/mol. The first-order valence-corrected chi connectivity index (χ1v) is 7.17. The Morgan fingerprint density at radius 1 is 1.06 bits per heavy atom. The van der Waals surface area contributed by atoms with Crippen LogP contribution in [-0.2, 0) is 0 Å². The van der Waals surface area contributed by atoms with Crippen LogP contribution in [0.5, 0.6) is 0 Å². The van der Waals surface area contributed by atoms with Gasteiger partial charge >= 0.3 is 0 Å². The van der Waals surface area contributed by atoms with Crippen molar-refractivity contribution in [2.75, 3.05) is 13.1 Å². The normalized spacial score (nSPS) is 17.4. The van der Waals surface area contributed by atoms with Crippen LogP contribution in [0.2, 0.25) is 0 Å². The number of rotatable bonds is 9. The molecule has 0 spiro atoms. The first-order chi connectivity index (χ1) is 7.46. The maximum absolute atomic E-state index is 3.60. The van der Waals surface area contributed by atoms with Gasteiger partial charge < -0.3 is 5.32 Å². The van der Waals surface area contributed by atoms with E-state index in [0.29, 0.717) is 5.41 Å². The van der Waals surface area contributed by atoms with Gasteiger partial charge in [0.25, 0.3) is 0 Å². The van der Waals surface area contributed by atoms with E-state index in [0.717, 1.165) is 18.4 Å². The average molecular weight is 227 g/mol. The Morgan fingerprint density at radius 2 is 1.69 bits per heavy atom. The zero-order chi connectivity index (χ0) is 12.6. The van der Waals surface area contributed by atoms with Crippen molar-refractivity contribution >= 4 is 0 Å². The van der Waals surface area contributed by atoms with E-state index in [1.165, 1.54) is 32.2 Å². The van der Waals surface area contributed by atoms with Gasteiger partial charge in [-0.1, -0.05) is 54.4 Å². The molecule has 2 atom stereocenters. The second-order valence-corrected chi connectivity index (χ2v) is 6.08. The maximum atomic E-state index is 3.60. The summed E-state index contributed by atoms with van der Waals surface area (Å²) in [6, 6.07) is 0. The lowest BCUT2D eigenvalue weighted by atomic mass is 9.72. The molecule has 0 heterocycles. The fraction of sp³-hybridized carbons (Fsp3) is 1.00. The minimum atomic E-state index is 0.462. The highest BCUT2D eigenvalue weighted by molar-refractivity contribution is 4.82. The molecular formula is C15H33N. The molecule has 0 rings (SSSR count). The summed E-state index contributed by atoms with van der Waals surface area (Å²) in [6.45, 7) is 16.4. The van der Waals surface area contributed by atoms with Crippen LogP contribution in [0.4, 0.5) is 0 Å². The molecular weight excluding hydrogens is 194 g/mol. The van der Waals surface area contributed by atoms with Crippen LogP contribution in [0.3, 0.4) is 0 Å². The van der Waals surface area contributed by atoms with Crippen molar-refractivity contribution in [3.8, 4) is 0 Å². The third-order valence-corrected chi connectivity index (χ3v) is 3.95. The van der Waals surface area contributed by atoms with Crippen molar-refractivity contribution in [2.45, 2.75) is 67.2 Å². The molecule has 98 valence electrons. The highest BCUT2D eigenvalue weighted by Gasteiger charge is 2.29. The van der Waals surface area contributed by atoms with Gasteiger partial charge in [0.2, 0.25) is 0 Å². The Labute approximate surface area is 103 Å². The molecule has 0 aromatic heterocycles. The van der Waals surface area contributed by atoms with Crippen LogP contribution in [-0.4, -0.2) is 13.1 Å². The minimum Gasteiger partial charge on any atom is -0.316 e. The minimum absolute atomic E-state index is 0.462. The van der Waals surface area contributed by atoms with Crippen molar-refractivity contribution < 1.29 is 0 Å². The van der Waals surface area contributed by atoms with Crippen molar-refractivity contribution in [1.82, 2.24) is 5.32 Å². The fourth-order valence-electron chi connectivity index (χ4n) is 2.45. The summed E-state index contributed by atoms with van der Waals surface area (Å²) in [5.74, 6) is 1.62. The Bertz CT molecular complexity index is 165. The summed E-state index contributed by atoms with van der Waals surface area (Å²) in [5.41, 5.74) is 0.462. The molecule has 0 fully saturated rings. The van der Waals surface area contributed by atoms with E-state index >= 15 is 0 Å². The molecule has 0 aliphatic rings. The predicted octanol–water partition coefficient (Wildman–Crippen LogP) is 4.47. The van der Waals surface area contributed by atoms with Crippen LogP contribution < -0.4 is 5.32 Å². The molecule has 0 saturated carbocycles. The molecule has 0 bridgehead atoms. The van der Waals surface area contributed by atoms with E-state index in [4.69, 9.17) is 0 Å². The van der Waals surface area contributed by atoms with Crippen LogP contribution >= 0.6 is 0 Å². The van der Waals surface area contributed by atoms with Gasteiger partial charge in [0.05, 0.1) is 0 Å². The van der Waals surface area contributed by atoms with Gasteiger partial charge in [-0.05, 0) is 36.6 Å². The summed E-state index contributed by atoms with van der Waals surface area (Å²) >= 11 is 0. The Morgan fingerprint density at radius 3 is 2.12 bits per heavy atom. The molecule has 0 aliphatic heterocycles. The summed E-state index contributed by atoms with van der Waals surface area (Å²) in [4.78, 5) is 0. The first kappa shape index (κ1) is 16.0. The average Bonchev–Trinajstić information content (AvgIpc) is 2.18. The van der Waals surface area contributed by atoms with Gasteiger partial charge in [-0.15, -0.1) is 0 Å². The summed E-state index contributed by atoms with van der Waals surface area (Å²) in [6.07, 6.45) is 5.28. The van der Waals surface area contributed by atoms with Crippen LogP contribution in [0.25, 0.3) is 0 Å². The molecule has 0 radical (unpaired) electrons. The van der Waals surface area contributed by atoms with E-state index in [9.17, 15) is 0 Å². The third-order valence-electron chi connectivity index (χ3n) is 3.95. The third kappa shape index (κ3) is 5.89. The van der Waals surface area contributed by atoms with Gasteiger partial charge in [-0.3, -0.25) is 0 Å². The largest absolute Gasteiger partial charge is 0.316 e. The van der Waals surface area contributed by atoms with E-state index in [1.54, 1.807) is 0 Å². The summed E-state index contributed by atoms with van der Waals surface area (Å²) in [7, 11) is 0. The molecule has 16 heavy (non-hydrogen) atoms. The smallest absolute Gasteiger partial charge is 0.000771 e. The van der Waals surface area contributed by atoms with Gasteiger partial charge in [0.1, 0.15) is 0 Å². The lowest BCUT2D eigenvalue weighted by Crippen LogP contribution is -2.37. The lowest BCUT2D eigenvalue weighted by molar-refractivity contribution is 0.158. The van der Waals surface area contributed by atoms with Crippen molar-refractivity contribution in [1.29, 1.82) is 0 Å². The Hall–Kier alpha value is -0.0400. The fourth-order valence-corrected chi connectivity index (χ4v) is 2.45. The number of nitrogens with one attached hydrogen (secondary N) is 1. The molecule has 0 aromatic carbocycles. The van der Waals surface area contributed by atoms with Gasteiger partial charge in [-0.2, -0.15) is 0 Å². The molecule has 2 unspecified atom stereocenters. The van der Waals surface area contributed by atoms with Crippen LogP contribution in [0.15, 0.2) is 0 Å². The van der Waals surface area contributed by atoms with E-state index < -0.39 is 0 Å². The van der Waals surface area contributed by atoms with Crippen molar-refractivity contribution in [2.24, 2.45) is 17.3 Å². The van der Waals surface area contributed by atoms with Gasteiger partial charge in [0, 0.05) is 6.54 Å². The molecule has 1 nitrogen and oxygen atoms in total. The highest BCUT2D eigenvalue weighted by Crippen LogP contribution is 2.34. The van der Waals surface area contributed by atoms with E-state index in [-0.39, 0.29) is 0 Å². The summed E-state index contributed by atoms with van der Waals surface area (Å²) < 4.78 is 0. The maximum Gasteiger partial charge on any atom is 0.000771 e. The second-order valence-electron chi connectivity index (χ2n) is 6.08. The molecule has 0 saturated heterocycles.